The van der Waals surface area contributed by atoms with Crippen LogP contribution in [-0.2, 0) is 0 Å². The minimum absolute atomic E-state index is 0.0797. The van der Waals surface area contributed by atoms with Crippen LogP contribution in [0.15, 0.2) is 23.3 Å². The van der Waals surface area contributed by atoms with Gasteiger partial charge in [-0.25, -0.2) is 0 Å². The molecule has 1 aromatic rings. The van der Waals surface area contributed by atoms with Gasteiger partial charge in [-0.05, 0) is 22.8 Å². The summed E-state index contributed by atoms with van der Waals surface area (Å²) in [6.45, 7) is 0. The Bertz CT molecular complexity index is 481. The summed E-state index contributed by atoms with van der Waals surface area (Å²) >= 11 is 5.52. The molecule has 0 aliphatic carbocycles. The van der Waals surface area contributed by atoms with Crippen LogP contribution in [0.5, 0.6) is 0 Å². The minimum atomic E-state index is -0.891. The molecule has 0 N–H and O–H groups in total. The number of halogens is 1. The van der Waals surface area contributed by atoms with E-state index in [-0.39, 0.29) is 10.6 Å². The monoisotopic (exact) mass is 226 g/mol. The second-order valence-corrected chi connectivity index (χ2v) is 2.83. The highest BCUT2D eigenvalue weighted by atomic mass is 35.5. The van der Waals surface area contributed by atoms with Crippen molar-refractivity contribution >= 4 is 23.2 Å². The van der Waals surface area contributed by atoms with Crippen LogP contribution in [0.2, 0.25) is 5.02 Å². The quantitative estimate of drug-likeness (QED) is 0.254. The summed E-state index contributed by atoms with van der Waals surface area (Å²) < 4.78 is 0. The summed E-state index contributed by atoms with van der Waals surface area (Å²) in [4.78, 5) is 23.1. The molecule has 1 amide bonds. The summed E-state index contributed by atoms with van der Waals surface area (Å²) in [5.41, 5.74) is 7.52. The Morgan fingerprint density at radius 3 is 2.80 bits per heavy atom. The van der Waals surface area contributed by atoms with Crippen molar-refractivity contribution in [2.75, 3.05) is 0 Å². The Morgan fingerprint density at radius 2 is 2.27 bits per heavy atom. The molecule has 0 heterocycles. The maximum absolute atomic E-state index is 11.0. The summed E-state index contributed by atoms with van der Waals surface area (Å²) in [6.07, 6.45) is 0. The number of hydrogen-bond acceptors (Lipinski definition) is 3. The van der Waals surface area contributed by atoms with E-state index in [2.05, 4.69) is 10.0 Å². The standard InChI is InChI=1S/C7H3ClN4O3/c8-5-2-1-4(7(13)10-11-9)3-6(5)12(14)15/h1-3H. The molecule has 1 rings (SSSR count). The topological polar surface area (TPSA) is 109 Å². The summed E-state index contributed by atoms with van der Waals surface area (Å²) in [5.74, 6) is -0.891. The van der Waals surface area contributed by atoms with E-state index in [4.69, 9.17) is 17.1 Å². The lowest BCUT2D eigenvalue weighted by molar-refractivity contribution is -0.384. The zero-order valence-corrected chi connectivity index (χ0v) is 7.88. The fraction of sp³-hybridized carbons (Fsp3) is 0. The van der Waals surface area contributed by atoms with Crippen LogP contribution in [0.3, 0.4) is 0 Å². The predicted molar refractivity (Wildman–Crippen MR) is 51.6 cm³/mol. The molecule has 0 saturated heterocycles. The van der Waals surface area contributed by atoms with E-state index in [0.717, 1.165) is 6.07 Å². The van der Waals surface area contributed by atoms with Crippen molar-refractivity contribution in [1.29, 1.82) is 0 Å². The number of hydrogen-bond donors (Lipinski definition) is 0. The number of rotatable bonds is 2. The SMILES string of the molecule is [N-]=[N+]=NC(=O)c1ccc(Cl)c([N+](=O)[O-])c1. The molecule has 1 aromatic carbocycles. The molecule has 0 fully saturated rings. The maximum atomic E-state index is 11.0. The number of azide groups is 1. The number of carbonyl (C=O) groups excluding carboxylic acids is 1. The second kappa shape index (κ2) is 4.41. The first-order valence-corrected chi connectivity index (χ1v) is 3.97. The highest BCUT2D eigenvalue weighted by molar-refractivity contribution is 6.32. The molecular formula is C7H3ClN4O3. The fourth-order valence-corrected chi connectivity index (χ4v) is 1.07. The Hall–Kier alpha value is -2.11. The molecule has 7 nitrogen and oxygen atoms in total. The van der Waals surface area contributed by atoms with Crippen LogP contribution in [0, 0.1) is 10.1 Å². The minimum Gasteiger partial charge on any atom is -0.287 e. The van der Waals surface area contributed by atoms with E-state index in [0.29, 0.717) is 0 Å². The third kappa shape index (κ3) is 2.43. The van der Waals surface area contributed by atoms with E-state index in [1.807, 2.05) is 0 Å². The van der Waals surface area contributed by atoms with Gasteiger partial charge in [0.2, 0.25) is 5.91 Å². The van der Waals surface area contributed by atoms with Crippen LogP contribution in [0.1, 0.15) is 10.4 Å². The lowest BCUT2D eigenvalue weighted by atomic mass is 10.2. The molecular weight excluding hydrogens is 224 g/mol. The van der Waals surface area contributed by atoms with Crippen molar-refractivity contribution in [3.63, 3.8) is 0 Å². The number of carbonyl (C=O) groups is 1. The normalized spacial score (nSPS) is 9.13. The van der Waals surface area contributed by atoms with Crippen LogP contribution < -0.4 is 0 Å². The van der Waals surface area contributed by atoms with Crippen molar-refractivity contribution in [3.05, 3.63) is 49.3 Å². The van der Waals surface area contributed by atoms with Gasteiger partial charge in [-0.15, -0.1) is 0 Å². The molecule has 0 aliphatic rings. The Balaban J connectivity index is 3.24. The number of nitro groups is 1. The van der Waals surface area contributed by atoms with Gasteiger partial charge in [-0.2, -0.15) is 0 Å². The van der Waals surface area contributed by atoms with E-state index < -0.39 is 16.5 Å². The third-order valence-corrected chi connectivity index (χ3v) is 1.84. The van der Waals surface area contributed by atoms with Crippen molar-refractivity contribution in [2.45, 2.75) is 0 Å². The zero-order valence-electron chi connectivity index (χ0n) is 7.12. The molecule has 0 saturated carbocycles. The molecule has 0 bridgehead atoms. The molecule has 76 valence electrons. The summed E-state index contributed by atoms with van der Waals surface area (Å²) in [5, 5.41) is 13.2. The number of amides is 1. The van der Waals surface area contributed by atoms with Crippen molar-refractivity contribution in [2.24, 2.45) is 5.11 Å². The fourth-order valence-electron chi connectivity index (χ4n) is 0.884. The Labute approximate surface area is 88.0 Å². The van der Waals surface area contributed by atoms with Crippen molar-refractivity contribution in [1.82, 2.24) is 0 Å². The van der Waals surface area contributed by atoms with Gasteiger partial charge < -0.3 is 0 Å². The average Bonchev–Trinajstić information content (AvgIpc) is 2.18. The van der Waals surface area contributed by atoms with Crippen LogP contribution >= 0.6 is 11.6 Å². The smallest absolute Gasteiger partial charge is 0.287 e. The molecule has 0 atom stereocenters. The number of nitro benzene ring substituents is 1. The molecule has 0 aromatic heterocycles. The zero-order chi connectivity index (χ0) is 11.4. The van der Waals surface area contributed by atoms with Gasteiger partial charge in [-0.3, -0.25) is 14.9 Å². The van der Waals surface area contributed by atoms with Gasteiger partial charge in [-0.1, -0.05) is 11.6 Å². The first-order valence-electron chi connectivity index (χ1n) is 3.59. The van der Waals surface area contributed by atoms with E-state index in [1.54, 1.807) is 0 Å². The summed E-state index contributed by atoms with van der Waals surface area (Å²) in [7, 11) is 0. The van der Waals surface area contributed by atoms with Gasteiger partial charge in [0.15, 0.2) is 0 Å². The summed E-state index contributed by atoms with van der Waals surface area (Å²) in [6, 6.07) is 3.39. The first kappa shape index (κ1) is 11.0. The van der Waals surface area contributed by atoms with Crippen molar-refractivity contribution < 1.29 is 9.72 Å². The van der Waals surface area contributed by atoms with Crippen LogP contribution in [0.4, 0.5) is 5.69 Å². The largest absolute Gasteiger partial charge is 0.288 e. The lowest BCUT2D eigenvalue weighted by Gasteiger charge is -1.97. The van der Waals surface area contributed by atoms with Crippen LogP contribution in [-0.4, -0.2) is 10.8 Å². The molecule has 0 aliphatic heterocycles. The van der Waals surface area contributed by atoms with E-state index >= 15 is 0 Å². The van der Waals surface area contributed by atoms with Gasteiger partial charge in [0.25, 0.3) is 5.69 Å². The Kier molecular flexibility index (Phi) is 3.22. The molecule has 8 heteroatoms. The molecule has 15 heavy (non-hydrogen) atoms. The average molecular weight is 227 g/mol. The molecule has 0 radical (unpaired) electrons. The Morgan fingerprint density at radius 1 is 1.60 bits per heavy atom. The highest BCUT2D eigenvalue weighted by Crippen LogP contribution is 2.25. The second-order valence-electron chi connectivity index (χ2n) is 2.42. The van der Waals surface area contributed by atoms with Gasteiger partial charge in [0.1, 0.15) is 5.02 Å². The lowest BCUT2D eigenvalue weighted by Crippen LogP contribution is -1.96. The van der Waals surface area contributed by atoms with Crippen LogP contribution in [0.25, 0.3) is 10.4 Å². The maximum Gasteiger partial charge on any atom is 0.288 e. The van der Waals surface area contributed by atoms with Gasteiger partial charge in [0, 0.05) is 16.5 Å². The molecule has 0 unspecified atom stereocenters. The molecule has 0 spiro atoms. The first-order chi connectivity index (χ1) is 7.06. The van der Waals surface area contributed by atoms with Gasteiger partial charge in [0.05, 0.1) is 4.92 Å². The van der Waals surface area contributed by atoms with E-state index in [9.17, 15) is 14.9 Å². The third-order valence-electron chi connectivity index (χ3n) is 1.53. The highest BCUT2D eigenvalue weighted by Gasteiger charge is 2.15. The van der Waals surface area contributed by atoms with E-state index in [1.165, 1.54) is 12.1 Å². The van der Waals surface area contributed by atoms with Crippen molar-refractivity contribution in [3.8, 4) is 0 Å². The van der Waals surface area contributed by atoms with Gasteiger partial charge >= 0.3 is 0 Å². The predicted octanol–water partition coefficient (Wildman–Crippen LogP) is 2.70. The number of nitrogens with zero attached hydrogens (tertiary/aromatic N) is 4. The number of benzene rings is 1.